The molecule has 114 valence electrons. The lowest BCUT2D eigenvalue weighted by Crippen LogP contribution is -2.42. The summed E-state index contributed by atoms with van der Waals surface area (Å²) in [4.78, 5) is 14.2. The maximum atomic E-state index is 12.1. The third kappa shape index (κ3) is 3.63. The highest BCUT2D eigenvalue weighted by atomic mass is 16.4. The van der Waals surface area contributed by atoms with Crippen molar-refractivity contribution < 1.29 is 9.21 Å². The Morgan fingerprint density at radius 1 is 1.57 bits per heavy atom. The third-order valence-corrected chi connectivity index (χ3v) is 4.05. The molecule has 0 radical (unpaired) electrons. The second-order valence-corrected chi connectivity index (χ2v) is 5.63. The van der Waals surface area contributed by atoms with E-state index in [1.165, 1.54) is 0 Å². The van der Waals surface area contributed by atoms with Crippen LogP contribution in [0.25, 0.3) is 0 Å². The first-order valence-electron chi connectivity index (χ1n) is 7.27. The molecule has 1 amide bonds. The van der Waals surface area contributed by atoms with Crippen LogP contribution >= 0.6 is 0 Å². The van der Waals surface area contributed by atoms with Crippen LogP contribution in [0.5, 0.6) is 0 Å². The minimum Gasteiger partial charge on any atom is -0.444 e. The number of piperidine rings is 1. The van der Waals surface area contributed by atoms with Gasteiger partial charge in [-0.15, -0.1) is 0 Å². The lowest BCUT2D eigenvalue weighted by molar-refractivity contribution is -0.117. The number of hydrogen-bond donors (Lipinski definition) is 2. The number of anilines is 1. The van der Waals surface area contributed by atoms with Gasteiger partial charge in [-0.2, -0.15) is 5.26 Å². The summed E-state index contributed by atoms with van der Waals surface area (Å²) in [6.07, 6.45) is 2.20. The first kappa shape index (κ1) is 15.5. The average Bonchev–Trinajstić information content (AvgIpc) is 2.73. The van der Waals surface area contributed by atoms with Crippen molar-refractivity contribution in [1.29, 1.82) is 5.26 Å². The number of carbonyl (C=O) groups excluding carboxylic acids is 1. The second-order valence-electron chi connectivity index (χ2n) is 5.63. The van der Waals surface area contributed by atoms with Crippen LogP contribution in [0.2, 0.25) is 0 Å². The van der Waals surface area contributed by atoms with Crippen molar-refractivity contribution in [3.63, 3.8) is 0 Å². The molecule has 0 aromatic carbocycles. The number of hydrogen-bond acceptors (Lipinski definition) is 5. The largest absolute Gasteiger partial charge is 0.444 e. The quantitative estimate of drug-likeness (QED) is 0.873. The molecule has 1 saturated heterocycles. The highest BCUT2D eigenvalue weighted by Gasteiger charge is 2.22. The predicted molar refractivity (Wildman–Crippen MR) is 79.7 cm³/mol. The molecule has 2 heterocycles. The first-order valence-corrected chi connectivity index (χ1v) is 7.27. The fourth-order valence-electron chi connectivity index (χ4n) is 2.71. The molecule has 2 rings (SSSR count). The number of aryl methyl sites for hydroxylation is 1. The van der Waals surface area contributed by atoms with E-state index < -0.39 is 0 Å². The summed E-state index contributed by atoms with van der Waals surface area (Å²) >= 11 is 0. The molecule has 0 bridgehead atoms. The number of nitriles is 1. The summed E-state index contributed by atoms with van der Waals surface area (Å²) in [5, 5.41) is 11.8. The van der Waals surface area contributed by atoms with Crippen molar-refractivity contribution in [2.45, 2.75) is 26.7 Å². The highest BCUT2D eigenvalue weighted by Crippen LogP contribution is 2.25. The Kier molecular flexibility index (Phi) is 4.99. The van der Waals surface area contributed by atoms with E-state index in [-0.39, 0.29) is 11.8 Å². The first-order chi connectivity index (χ1) is 10.0. The lowest BCUT2D eigenvalue weighted by atomic mass is 9.98. The van der Waals surface area contributed by atoms with Crippen LogP contribution in [-0.4, -0.2) is 37.0 Å². The molecule has 1 aromatic rings. The van der Waals surface area contributed by atoms with Gasteiger partial charge in [-0.05, 0) is 45.7 Å². The number of rotatable bonds is 4. The van der Waals surface area contributed by atoms with E-state index in [1.54, 1.807) is 6.92 Å². The second kappa shape index (κ2) is 6.74. The summed E-state index contributed by atoms with van der Waals surface area (Å²) in [6.45, 7) is 6.32. The Morgan fingerprint density at radius 2 is 2.33 bits per heavy atom. The van der Waals surface area contributed by atoms with Crippen molar-refractivity contribution in [2.24, 2.45) is 11.7 Å². The van der Waals surface area contributed by atoms with E-state index in [9.17, 15) is 4.79 Å². The molecule has 1 aliphatic heterocycles. The fraction of sp³-hybridized carbons (Fsp3) is 0.600. The van der Waals surface area contributed by atoms with Gasteiger partial charge in [-0.25, -0.2) is 0 Å². The Bertz CT molecular complexity index is 559. The zero-order valence-electron chi connectivity index (χ0n) is 12.6. The van der Waals surface area contributed by atoms with Gasteiger partial charge in [0.25, 0.3) is 0 Å². The zero-order valence-corrected chi connectivity index (χ0v) is 12.6. The summed E-state index contributed by atoms with van der Waals surface area (Å²) in [5.41, 5.74) is 6.87. The summed E-state index contributed by atoms with van der Waals surface area (Å²) < 4.78 is 5.45. The Labute approximate surface area is 124 Å². The summed E-state index contributed by atoms with van der Waals surface area (Å²) in [5.74, 6) is 1.22. The van der Waals surface area contributed by atoms with Crippen LogP contribution in [-0.2, 0) is 4.79 Å². The number of likely N-dealkylation sites (tertiary alicyclic amines) is 1. The summed E-state index contributed by atoms with van der Waals surface area (Å²) in [7, 11) is 0. The average molecular weight is 290 g/mol. The molecule has 6 heteroatoms. The molecule has 1 unspecified atom stereocenters. The molecule has 1 aromatic heterocycles. The maximum absolute atomic E-state index is 12.1. The molecule has 1 atom stereocenters. The van der Waals surface area contributed by atoms with Gasteiger partial charge in [0, 0.05) is 12.1 Å². The molecular formula is C15H22N4O2. The van der Waals surface area contributed by atoms with Crippen molar-refractivity contribution in [2.75, 3.05) is 31.5 Å². The minimum absolute atomic E-state index is 0.155. The number of nitrogens with one attached hydrogen (secondary N) is 1. The van der Waals surface area contributed by atoms with E-state index in [0.717, 1.165) is 31.5 Å². The topological polar surface area (TPSA) is 95.3 Å². The molecule has 6 nitrogen and oxygen atoms in total. The standard InChI is InChI=1S/C15H22N4O2/c1-10-11(2)21-15(13(10)7-17)18-14(20)9-19-5-3-4-12(6-16)8-19/h12H,3-6,8-9,16H2,1-2H3,(H,18,20). The van der Waals surface area contributed by atoms with Gasteiger partial charge in [0.2, 0.25) is 11.8 Å². The van der Waals surface area contributed by atoms with Crippen molar-refractivity contribution in [3.05, 3.63) is 16.9 Å². The third-order valence-electron chi connectivity index (χ3n) is 4.05. The smallest absolute Gasteiger partial charge is 0.240 e. The Balaban J connectivity index is 1.96. The molecular weight excluding hydrogens is 268 g/mol. The fourth-order valence-corrected chi connectivity index (χ4v) is 2.71. The van der Waals surface area contributed by atoms with Crippen LogP contribution in [0.3, 0.4) is 0 Å². The van der Waals surface area contributed by atoms with Crippen LogP contribution < -0.4 is 11.1 Å². The van der Waals surface area contributed by atoms with Gasteiger partial charge >= 0.3 is 0 Å². The summed E-state index contributed by atoms with van der Waals surface area (Å²) in [6, 6.07) is 2.07. The molecule has 0 saturated carbocycles. The number of furan rings is 1. The van der Waals surface area contributed by atoms with Gasteiger partial charge < -0.3 is 10.2 Å². The highest BCUT2D eigenvalue weighted by molar-refractivity contribution is 5.92. The van der Waals surface area contributed by atoms with Crippen molar-refractivity contribution in [3.8, 4) is 6.07 Å². The molecule has 3 N–H and O–H groups in total. The number of amides is 1. The van der Waals surface area contributed by atoms with E-state index in [4.69, 9.17) is 15.4 Å². The number of nitrogens with zero attached hydrogens (tertiary/aromatic N) is 2. The van der Waals surface area contributed by atoms with Gasteiger partial charge in [-0.3, -0.25) is 15.0 Å². The molecule has 0 aliphatic carbocycles. The lowest BCUT2D eigenvalue weighted by Gasteiger charge is -2.31. The Hall–Kier alpha value is -1.84. The normalized spacial score (nSPS) is 19.2. The van der Waals surface area contributed by atoms with Gasteiger partial charge in [0.1, 0.15) is 17.4 Å². The van der Waals surface area contributed by atoms with Crippen LogP contribution in [0.15, 0.2) is 4.42 Å². The van der Waals surface area contributed by atoms with Crippen molar-refractivity contribution >= 4 is 11.8 Å². The van der Waals surface area contributed by atoms with Crippen LogP contribution in [0, 0.1) is 31.1 Å². The zero-order chi connectivity index (χ0) is 15.4. The SMILES string of the molecule is Cc1oc(NC(=O)CN2CCCC(CN)C2)c(C#N)c1C. The number of carbonyl (C=O) groups is 1. The van der Waals surface area contributed by atoms with Gasteiger partial charge in [0.05, 0.1) is 6.54 Å². The van der Waals surface area contributed by atoms with Crippen molar-refractivity contribution in [1.82, 2.24) is 4.90 Å². The van der Waals surface area contributed by atoms with E-state index in [0.29, 0.717) is 30.3 Å². The molecule has 0 spiro atoms. The predicted octanol–water partition coefficient (Wildman–Crippen LogP) is 1.38. The molecule has 1 fully saturated rings. The molecule has 1 aliphatic rings. The van der Waals surface area contributed by atoms with E-state index >= 15 is 0 Å². The minimum atomic E-state index is -0.155. The Morgan fingerprint density at radius 3 is 3.00 bits per heavy atom. The van der Waals surface area contributed by atoms with Gasteiger partial charge in [-0.1, -0.05) is 0 Å². The van der Waals surface area contributed by atoms with E-state index in [1.807, 2.05) is 6.92 Å². The monoisotopic (exact) mass is 290 g/mol. The number of nitrogens with two attached hydrogens (primary N) is 1. The van der Waals surface area contributed by atoms with Gasteiger partial charge in [0.15, 0.2) is 0 Å². The van der Waals surface area contributed by atoms with E-state index in [2.05, 4.69) is 16.3 Å². The van der Waals surface area contributed by atoms with Crippen LogP contribution in [0.1, 0.15) is 29.7 Å². The maximum Gasteiger partial charge on any atom is 0.240 e. The van der Waals surface area contributed by atoms with Crippen LogP contribution in [0.4, 0.5) is 5.88 Å². The molecule has 21 heavy (non-hydrogen) atoms.